The largest absolute Gasteiger partial charge is 0.323 e. The van der Waals surface area contributed by atoms with Crippen molar-refractivity contribution in [1.29, 1.82) is 0 Å². The Kier molecular flexibility index (Phi) is 3.08. The molecular weight excluding hydrogens is 234 g/mol. The first-order chi connectivity index (χ1) is 8.65. The molecule has 1 saturated carbocycles. The van der Waals surface area contributed by atoms with Gasteiger partial charge in [-0.3, -0.25) is 4.90 Å². The Morgan fingerprint density at radius 3 is 2.83 bits per heavy atom. The van der Waals surface area contributed by atoms with Crippen LogP contribution in [0, 0.1) is 17.6 Å². The minimum Gasteiger partial charge on any atom is -0.323 e. The maximum absolute atomic E-state index is 13.6. The van der Waals surface area contributed by atoms with E-state index in [1.54, 1.807) is 6.07 Å². The monoisotopic (exact) mass is 252 g/mol. The number of rotatable bonds is 3. The predicted octanol–water partition coefficient (Wildman–Crippen LogP) is 2.45. The van der Waals surface area contributed by atoms with E-state index in [-0.39, 0.29) is 5.56 Å². The van der Waals surface area contributed by atoms with Gasteiger partial charge in [0.1, 0.15) is 0 Å². The smallest absolute Gasteiger partial charge is 0.163 e. The van der Waals surface area contributed by atoms with Gasteiger partial charge in [-0.1, -0.05) is 12.1 Å². The first-order valence-corrected chi connectivity index (χ1v) is 6.58. The lowest BCUT2D eigenvalue weighted by Gasteiger charge is -2.29. The van der Waals surface area contributed by atoms with Crippen LogP contribution in [-0.4, -0.2) is 24.0 Å². The maximum Gasteiger partial charge on any atom is 0.163 e. The molecule has 1 heterocycles. The van der Waals surface area contributed by atoms with E-state index in [4.69, 9.17) is 5.73 Å². The molecule has 2 aliphatic rings. The Morgan fingerprint density at radius 1 is 1.33 bits per heavy atom. The highest BCUT2D eigenvalue weighted by molar-refractivity contribution is 5.22. The van der Waals surface area contributed by atoms with Gasteiger partial charge in [-0.15, -0.1) is 0 Å². The van der Waals surface area contributed by atoms with Gasteiger partial charge < -0.3 is 5.73 Å². The first kappa shape index (κ1) is 12.1. The van der Waals surface area contributed by atoms with Crippen molar-refractivity contribution in [2.75, 3.05) is 13.1 Å². The molecule has 1 aliphatic carbocycles. The van der Waals surface area contributed by atoms with Crippen molar-refractivity contribution in [2.24, 2.45) is 11.7 Å². The van der Waals surface area contributed by atoms with Crippen molar-refractivity contribution in [2.45, 2.75) is 31.3 Å². The molecule has 1 aromatic rings. The maximum atomic E-state index is 13.6. The summed E-state index contributed by atoms with van der Waals surface area (Å²) in [5.41, 5.74) is 6.32. The molecule has 2 N–H and O–H groups in total. The van der Waals surface area contributed by atoms with Crippen LogP contribution in [0.15, 0.2) is 18.2 Å². The van der Waals surface area contributed by atoms with Crippen molar-refractivity contribution in [3.05, 3.63) is 35.4 Å². The highest BCUT2D eigenvalue weighted by Gasteiger charge is 2.38. The SMILES string of the molecule is NC(CN1CC2CCC1C2)c1cccc(F)c1F. The Bertz CT molecular complexity index is 449. The number of benzene rings is 1. The zero-order chi connectivity index (χ0) is 12.7. The van der Waals surface area contributed by atoms with Gasteiger partial charge in [0.25, 0.3) is 0 Å². The summed E-state index contributed by atoms with van der Waals surface area (Å²) in [6.45, 7) is 1.69. The standard InChI is InChI=1S/C14H18F2N2/c15-12-3-1-2-11(14(12)16)13(17)8-18-7-9-4-5-10(18)6-9/h1-3,9-10,13H,4-8,17H2. The Labute approximate surface area is 106 Å². The van der Waals surface area contributed by atoms with Crippen molar-refractivity contribution < 1.29 is 8.78 Å². The van der Waals surface area contributed by atoms with Gasteiger partial charge in [0.2, 0.25) is 0 Å². The quantitative estimate of drug-likeness (QED) is 0.895. The number of piperidine rings is 1. The molecular formula is C14H18F2N2. The third-order valence-electron chi connectivity index (χ3n) is 4.33. The second-order valence-corrected chi connectivity index (χ2v) is 5.54. The van der Waals surface area contributed by atoms with Gasteiger partial charge in [-0.2, -0.15) is 0 Å². The van der Waals surface area contributed by atoms with Crippen LogP contribution in [0.25, 0.3) is 0 Å². The lowest BCUT2D eigenvalue weighted by Crippen LogP contribution is -2.38. The number of hydrogen-bond acceptors (Lipinski definition) is 2. The molecule has 0 spiro atoms. The second-order valence-electron chi connectivity index (χ2n) is 5.54. The van der Waals surface area contributed by atoms with Gasteiger partial charge in [-0.25, -0.2) is 8.78 Å². The molecule has 2 fully saturated rings. The fourth-order valence-corrected chi connectivity index (χ4v) is 3.41. The molecule has 1 aliphatic heterocycles. The van der Waals surface area contributed by atoms with E-state index >= 15 is 0 Å². The molecule has 98 valence electrons. The van der Waals surface area contributed by atoms with Crippen LogP contribution in [0.5, 0.6) is 0 Å². The molecule has 3 atom stereocenters. The summed E-state index contributed by atoms with van der Waals surface area (Å²) < 4.78 is 26.8. The Morgan fingerprint density at radius 2 is 2.17 bits per heavy atom. The van der Waals surface area contributed by atoms with E-state index in [1.165, 1.54) is 25.3 Å². The molecule has 1 saturated heterocycles. The number of likely N-dealkylation sites (tertiary alicyclic amines) is 1. The number of hydrogen-bond donors (Lipinski definition) is 1. The summed E-state index contributed by atoms with van der Waals surface area (Å²) in [5.74, 6) is -0.820. The third-order valence-corrected chi connectivity index (χ3v) is 4.33. The molecule has 3 rings (SSSR count). The Hall–Kier alpha value is -1.00. The molecule has 4 heteroatoms. The normalized spacial score (nSPS) is 28.8. The average molecular weight is 252 g/mol. The zero-order valence-corrected chi connectivity index (χ0v) is 10.3. The lowest BCUT2D eigenvalue weighted by atomic mass is 10.0. The van der Waals surface area contributed by atoms with E-state index in [9.17, 15) is 8.78 Å². The van der Waals surface area contributed by atoms with Gasteiger partial charge in [0.05, 0.1) is 0 Å². The van der Waals surface area contributed by atoms with Crippen LogP contribution in [0.3, 0.4) is 0 Å². The topological polar surface area (TPSA) is 29.3 Å². The van der Waals surface area contributed by atoms with E-state index in [2.05, 4.69) is 4.90 Å². The minimum atomic E-state index is -0.814. The minimum absolute atomic E-state index is 0.290. The summed E-state index contributed by atoms with van der Waals surface area (Å²) >= 11 is 0. The fourth-order valence-electron chi connectivity index (χ4n) is 3.41. The number of halogens is 2. The number of nitrogens with zero attached hydrogens (tertiary/aromatic N) is 1. The van der Waals surface area contributed by atoms with Crippen molar-refractivity contribution >= 4 is 0 Å². The molecule has 2 bridgehead atoms. The summed E-state index contributed by atoms with van der Waals surface area (Å²) in [6, 6.07) is 4.39. The zero-order valence-electron chi connectivity index (χ0n) is 10.3. The van der Waals surface area contributed by atoms with Gasteiger partial charge in [0, 0.05) is 30.7 Å². The lowest BCUT2D eigenvalue weighted by molar-refractivity contribution is 0.200. The van der Waals surface area contributed by atoms with Crippen LogP contribution < -0.4 is 5.73 Å². The third kappa shape index (κ3) is 2.04. The number of fused-ring (bicyclic) bond motifs is 2. The van der Waals surface area contributed by atoms with Gasteiger partial charge >= 0.3 is 0 Å². The molecule has 2 nitrogen and oxygen atoms in total. The average Bonchev–Trinajstić information content (AvgIpc) is 2.94. The first-order valence-electron chi connectivity index (χ1n) is 6.58. The van der Waals surface area contributed by atoms with E-state index in [1.807, 2.05) is 0 Å². The van der Waals surface area contributed by atoms with Crippen molar-refractivity contribution in [3.8, 4) is 0 Å². The van der Waals surface area contributed by atoms with Crippen LogP contribution in [0.4, 0.5) is 8.78 Å². The molecule has 0 aromatic heterocycles. The molecule has 0 radical (unpaired) electrons. The number of nitrogens with two attached hydrogens (primary N) is 1. The Balaban J connectivity index is 1.71. The van der Waals surface area contributed by atoms with E-state index in [0.29, 0.717) is 12.6 Å². The van der Waals surface area contributed by atoms with E-state index < -0.39 is 17.7 Å². The van der Waals surface area contributed by atoms with Crippen LogP contribution in [0.2, 0.25) is 0 Å². The van der Waals surface area contributed by atoms with Crippen molar-refractivity contribution in [3.63, 3.8) is 0 Å². The summed E-state index contributed by atoms with van der Waals surface area (Å²) in [6.07, 6.45) is 3.78. The van der Waals surface area contributed by atoms with Gasteiger partial charge in [0.15, 0.2) is 11.6 Å². The highest BCUT2D eigenvalue weighted by Crippen LogP contribution is 2.38. The van der Waals surface area contributed by atoms with E-state index in [0.717, 1.165) is 18.5 Å². The van der Waals surface area contributed by atoms with Gasteiger partial charge in [-0.05, 0) is 31.2 Å². The summed E-state index contributed by atoms with van der Waals surface area (Å²) in [5, 5.41) is 0. The summed E-state index contributed by atoms with van der Waals surface area (Å²) in [7, 11) is 0. The van der Waals surface area contributed by atoms with Crippen molar-refractivity contribution in [1.82, 2.24) is 4.90 Å². The van der Waals surface area contributed by atoms with Crippen LogP contribution >= 0.6 is 0 Å². The predicted molar refractivity (Wildman–Crippen MR) is 66.0 cm³/mol. The molecule has 0 amide bonds. The molecule has 3 unspecified atom stereocenters. The molecule has 18 heavy (non-hydrogen) atoms. The second kappa shape index (κ2) is 4.59. The summed E-state index contributed by atoms with van der Waals surface area (Å²) in [4.78, 5) is 2.34. The van der Waals surface area contributed by atoms with Crippen LogP contribution in [0.1, 0.15) is 30.9 Å². The van der Waals surface area contributed by atoms with Crippen LogP contribution in [-0.2, 0) is 0 Å². The highest BCUT2D eigenvalue weighted by atomic mass is 19.2. The molecule has 1 aromatic carbocycles. The fraction of sp³-hybridized carbons (Fsp3) is 0.571.